The molecule has 0 fully saturated rings. The van der Waals surface area contributed by atoms with Crippen molar-refractivity contribution in [3.8, 4) is 23.1 Å². The standard InChI is InChI=1S/C25H17ClF3NO4/c1-15(24(31)34-22-8-4-6-16-5-2-3-7-20(16)22)32-18-9-11-19(12-10-18)33-23-21(26)13-17(14-30-23)25(27,28)29/h2-15H,1H3/t15-/m1/s1. The van der Waals surface area contributed by atoms with Crippen LogP contribution in [0, 0.1) is 0 Å². The molecule has 0 amide bonds. The lowest BCUT2D eigenvalue weighted by atomic mass is 10.1. The Bertz CT molecular complexity index is 1320. The van der Waals surface area contributed by atoms with E-state index in [-0.39, 0.29) is 16.7 Å². The number of esters is 1. The van der Waals surface area contributed by atoms with Crippen LogP contribution in [0.5, 0.6) is 23.1 Å². The normalized spacial score (nSPS) is 12.3. The van der Waals surface area contributed by atoms with E-state index in [4.69, 9.17) is 25.8 Å². The van der Waals surface area contributed by atoms with Gasteiger partial charge in [0.1, 0.15) is 22.3 Å². The Morgan fingerprint density at radius 3 is 2.35 bits per heavy atom. The number of alkyl halides is 3. The molecule has 0 aliphatic heterocycles. The van der Waals surface area contributed by atoms with Crippen molar-refractivity contribution in [3.63, 3.8) is 0 Å². The fourth-order valence-electron chi connectivity index (χ4n) is 3.08. The summed E-state index contributed by atoms with van der Waals surface area (Å²) in [7, 11) is 0. The molecule has 0 saturated carbocycles. The van der Waals surface area contributed by atoms with Crippen molar-refractivity contribution < 1.29 is 32.2 Å². The van der Waals surface area contributed by atoms with Crippen LogP contribution in [0.4, 0.5) is 13.2 Å². The number of aromatic nitrogens is 1. The third-order valence-corrected chi connectivity index (χ3v) is 5.05. The molecule has 0 unspecified atom stereocenters. The largest absolute Gasteiger partial charge is 0.479 e. The maximum Gasteiger partial charge on any atom is 0.417 e. The summed E-state index contributed by atoms with van der Waals surface area (Å²) in [6, 6.07) is 19.8. The zero-order valence-corrected chi connectivity index (χ0v) is 18.4. The molecule has 1 aromatic heterocycles. The van der Waals surface area contributed by atoms with Gasteiger partial charge in [-0.3, -0.25) is 0 Å². The van der Waals surface area contributed by atoms with E-state index in [9.17, 15) is 18.0 Å². The van der Waals surface area contributed by atoms with E-state index in [2.05, 4.69) is 4.98 Å². The Morgan fingerprint density at radius 1 is 0.971 bits per heavy atom. The molecule has 9 heteroatoms. The summed E-state index contributed by atoms with van der Waals surface area (Å²) in [5, 5.41) is 1.47. The number of benzene rings is 3. The highest BCUT2D eigenvalue weighted by molar-refractivity contribution is 6.31. The van der Waals surface area contributed by atoms with Crippen molar-refractivity contribution in [1.82, 2.24) is 4.98 Å². The summed E-state index contributed by atoms with van der Waals surface area (Å²) < 4.78 is 54.8. The lowest BCUT2D eigenvalue weighted by Crippen LogP contribution is -2.28. The summed E-state index contributed by atoms with van der Waals surface area (Å²) >= 11 is 5.86. The quantitative estimate of drug-likeness (QED) is 0.215. The highest BCUT2D eigenvalue weighted by atomic mass is 35.5. The minimum Gasteiger partial charge on any atom is -0.479 e. The van der Waals surface area contributed by atoms with Gasteiger partial charge in [-0.15, -0.1) is 0 Å². The molecule has 0 aliphatic carbocycles. The highest BCUT2D eigenvalue weighted by Gasteiger charge is 2.31. The minimum atomic E-state index is -4.56. The van der Waals surface area contributed by atoms with Crippen molar-refractivity contribution in [2.45, 2.75) is 19.2 Å². The van der Waals surface area contributed by atoms with Gasteiger partial charge in [0.2, 0.25) is 5.88 Å². The Kier molecular flexibility index (Phi) is 6.61. The molecule has 174 valence electrons. The Balaban J connectivity index is 1.39. The summed E-state index contributed by atoms with van der Waals surface area (Å²) in [6.45, 7) is 1.56. The van der Waals surface area contributed by atoms with Gasteiger partial charge in [-0.1, -0.05) is 48.0 Å². The van der Waals surface area contributed by atoms with E-state index in [0.29, 0.717) is 17.7 Å². The van der Waals surface area contributed by atoms with Crippen LogP contribution in [0.25, 0.3) is 10.8 Å². The van der Waals surface area contributed by atoms with Gasteiger partial charge < -0.3 is 14.2 Å². The molecule has 4 rings (SSSR count). The number of ether oxygens (including phenoxy) is 3. The van der Waals surface area contributed by atoms with Gasteiger partial charge in [-0.25, -0.2) is 9.78 Å². The summed E-state index contributed by atoms with van der Waals surface area (Å²) in [6.07, 6.45) is -4.82. The topological polar surface area (TPSA) is 57.7 Å². The minimum absolute atomic E-state index is 0.171. The molecule has 0 saturated heterocycles. The molecule has 0 radical (unpaired) electrons. The highest BCUT2D eigenvalue weighted by Crippen LogP contribution is 2.35. The first-order valence-electron chi connectivity index (χ1n) is 10.1. The zero-order valence-electron chi connectivity index (χ0n) is 17.7. The average molecular weight is 488 g/mol. The van der Waals surface area contributed by atoms with Crippen LogP contribution in [0.3, 0.4) is 0 Å². The first kappa shape index (κ1) is 23.4. The first-order valence-corrected chi connectivity index (χ1v) is 10.5. The van der Waals surface area contributed by atoms with Gasteiger partial charge in [0.25, 0.3) is 0 Å². The fraction of sp³-hybridized carbons (Fsp3) is 0.120. The Labute approximate surface area is 197 Å². The summed E-state index contributed by atoms with van der Waals surface area (Å²) in [5.74, 6) is 0.324. The van der Waals surface area contributed by atoms with Crippen LogP contribution in [0.1, 0.15) is 12.5 Å². The third kappa shape index (κ3) is 5.40. The van der Waals surface area contributed by atoms with Crippen molar-refractivity contribution in [3.05, 3.63) is 89.6 Å². The van der Waals surface area contributed by atoms with Crippen LogP contribution in [-0.4, -0.2) is 17.1 Å². The van der Waals surface area contributed by atoms with Crippen LogP contribution in [0.15, 0.2) is 79.0 Å². The number of halogens is 4. The predicted molar refractivity (Wildman–Crippen MR) is 120 cm³/mol. The number of hydrogen-bond acceptors (Lipinski definition) is 5. The number of nitrogens with zero attached hydrogens (tertiary/aromatic N) is 1. The molecule has 34 heavy (non-hydrogen) atoms. The van der Waals surface area contributed by atoms with E-state index in [0.717, 1.165) is 16.8 Å². The van der Waals surface area contributed by atoms with Crippen LogP contribution in [0.2, 0.25) is 5.02 Å². The summed E-state index contributed by atoms with van der Waals surface area (Å²) in [5.41, 5.74) is -0.974. The molecular formula is C25H17ClF3NO4. The van der Waals surface area contributed by atoms with Gasteiger partial charge in [0.05, 0.1) is 5.56 Å². The molecule has 3 aromatic carbocycles. The molecular weight excluding hydrogens is 471 g/mol. The van der Waals surface area contributed by atoms with Crippen molar-refractivity contribution in [1.29, 1.82) is 0 Å². The molecule has 0 aliphatic rings. The Hall–Kier alpha value is -3.78. The number of pyridine rings is 1. The zero-order chi connectivity index (χ0) is 24.3. The van der Waals surface area contributed by atoms with E-state index >= 15 is 0 Å². The van der Waals surface area contributed by atoms with Crippen molar-refractivity contribution >= 4 is 28.3 Å². The molecule has 4 aromatic rings. The van der Waals surface area contributed by atoms with Crippen LogP contribution < -0.4 is 14.2 Å². The number of fused-ring (bicyclic) bond motifs is 1. The van der Waals surface area contributed by atoms with E-state index in [1.807, 2.05) is 30.3 Å². The van der Waals surface area contributed by atoms with E-state index in [1.54, 1.807) is 19.1 Å². The number of carbonyl (C=O) groups excluding carboxylic acids is 1. The fourth-order valence-corrected chi connectivity index (χ4v) is 3.29. The van der Waals surface area contributed by atoms with Gasteiger partial charge >= 0.3 is 12.1 Å². The maximum atomic E-state index is 12.7. The van der Waals surface area contributed by atoms with Crippen molar-refractivity contribution in [2.75, 3.05) is 0 Å². The second-order valence-corrected chi connectivity index (χ2v) is 7.65. The van der Waals surface area contributed by atoms with Gasteiger partial charge in [0.15, 0.2) is 6.10 Å². The molecule has 1 heterocycles. The lowest BCUT2D eigenvalue weighted by molar-refractivity contribution is -0.141. The molecule has 0 spiro atoms. The lowest BCUT2D eigenvalue weighted by Gasteiger charge is -2.15. The molecule has 1 atom stereocenters. The molecule has 0 bridgehead atoms. The average Bonchev–Trinajstić information content (AvgIpc) is 2.81. The van der Waals surface area contributed by atoms with Crippen LogP contribution >= 0.6 is 11.6 Å². The molecule has 5 nitrogen and oxygen atoms in total. The smallest absolute Gasteiger partial charge is 0.417 e. The first-order chi connectivity index (χ1) is 16.2. The van der Waals surface area contributed by atoms with Gasteiger partial charge in [-0.05, 0) is 48.7 Å². The van der Waals surface area contributed by atoms with Gasteiger partial charge in [0, 0.05) is 11.6 Å². The predicted octanol–water partition coefficient (Wildman–Crippen LogP) is 7.07. The van der Waals surface area contributed by atoms with Crippen molar-refractivity contribution in [2.24, 2.45) is 0 Å². The number of rotatable bonds is 6. The number of carbonyl (C=O) groups is 1. The summed E-state index contributed by atoms with van der Waals surface area (Å²) in [4.78, 5) is 16.2. The van der Waals surface area contributed by atoms with E-state index in [1.165, 1.54) is 24.3 Å². The van der Waals surface area contributed by atoms with Gasteiger partial charge in [-0.2, -0.15) is 13.2 Å². The van der Waals surface area contributed by atoms with E-state index < -0.39 is 23.8 Å². The SMILES string of the molecule is C[C@@H](Oc1ccc(Oc2ncc(C(F)(F)F)cc2Cl)cc1)C(=O)Oc1cccc2ccccc12. The number of hydrogen-bond donors (Lipinski definition) is 0. The Morgan fingerprint density at radius 2 is 1.65 bits per heavy atom. The second-order valence-electron chi connectivity index (χ2n) is 7.24. The monoisotopic (exact) mass is 487 g/mol. The molecule has 0 N–H and O–H groups in total. The maximum absolute atomic E-state index is 12.7. The van der Waals surface area contributed by atoms with Crippen LogP contribution in [-0.2, 0) is 11.0 Å². The third-order valence-electron chi connectivity index (χ3n) is 4.78. The second kappa shape index (κ2) is 9.61.